The van der Waals surface area contributed by atoms with Crippen LogP contribution in [0.1, 0.15) is 62.3 Å². The lowest BCUT2D eigenvalue weighted by Gasteiger charge is -2.22. The minimum Gasteiger partial charge on any atom is -0.345 e. The van der Waals surface area contributed by atoms with Crippen LogP contribution in [-0.2, 0) is 0 Å². The van der Waals surface area contributed by atoms with Crippen molar-refractivity contribution in [2.45, 2.75) is 41.5 Å². The van der Waals surface area contributed by atoms with Gasteiger partial charge < -0.3 is 4.90 Å². The highest BCUT2D eigenvalue weighted by atomic mass is 16.1. The van der Waals surface area contributed by atoms with E-state index in [-0.39, 0.29) is 22.4 Å². The van der Waals surface area contributed by atoms with Crippen LogP contribution >= 0.6 is 0 Å². The van der Waals surface area contributed by atoms with Crippen LogP contribution in [-0.4, -0.2) is 18.6 Å². The third-order valence-electron chi connectivity index (χ3n) is 4.40. The molecule has 2 aromatic carbocycles. The zero-order valence-electron chi connectivity index (χ0n) is 16.9. The van der Waals surface area contributed by atoms with Gasteiger partial charge in [0.15, 0.2) is 11.6 Å². The Morgan fingerprint density at radius 3 is 1.12 bits per heavy atom. The molecule has 0 aliphatic heterocycles. The molecule has 2 aromatic rings. The Labute approximate surface area is 157 Å². The molecule has 0 bridgehead atoms. The van der Waals surface area contributed by atoms with Crippen LogP contribution in [0.15, 0.2) is 48.5 Å². The van der Waals surface area contributed by atoms with Gasteiger partial charge in [-0.3, -0.25) is 9.59 Å². The summed E-state index contributed by atoms with van der Waals surface area (Å²) in [5.74, 6) is 0.272. The molecule has 0 atom stereocenters. The summed E-state index contributed by atoms with van der Waals surface area (Å²) in [7, 11) is 1.97. The van der Waals surface area contributed by atoms with Crippen molar-refractivity contribution in [3.8, 4) is 0 Å². The van der Waals surface area contributed by atoms with E-state index in [1.54, 1.807) is 0 Å². The van der Waals surface area contributed by atoms with Crippen molar-refractivity contribution in [2.75, 3.05) is 11.9 Å². The topological polar surface area (TPSA) is 37.4 Å². The number of hydrogen-bond donors (Lipinski definition) is 0. The molecule has 0 radical (unpaired) electrons. The maximum atomic E-state index is 12.4. The summed E-state index contributed by atoms with van der Waals surface area (Å²) in [6, 6.07) is 15.3. The van der Waals surface area contributed by atoms with E-state index in [0.29, 0.717) is 0 Å². The summed E-state index contributed by atoms with van der Waals surface area (Å²) in [6.07, 6.45) is 0. The predicted octanol–water partition coefficient (Wildman–Crippen LogP) is 5.91. The van der Waals surface area contributed by atoms with Gasteiger partial charge in [0, 0.05) is 40.4 Å². The number of nitrogens with zero attached hydrogens (tertiary/aromatic N) is 1. The van der Waals surface area contributed by atoms with Gasteiger partial charge in [-0.1, -0.05) is 41.5 Å². The predicted molar refractivity (Wildman–Crippen MR) is 109 cm³/mol. The summed E-state index contributed by atoms with van der Waals surface area (Å²) >= 11 is 0. The van der Waals surface area contributed by atoms with E-state index in [1.165, 1.54) is 0 Å². The van der Waals surface area contributed by atoms with E-state index < -0.39 is 0 Å². The van der Waals surface area contributed by atoms with Crippen molar-refractivity contribution in [2.24, 2.45) is 10.8 Å². The summed E-state index contributed by atoms with van der Waals surface area (Å²) in [6.45, 7) is 11.6. The molecule has 0 amide bonds. The van der Waals surface area contributed by atoms with Gasteiger partial charge in [-0.15, -0.1) is 0 Å². The van der Waals surface area contributed by atoms with Gasteiger partial charge in [0.05, 0.1) is 0 Å². The van der Waals surface area contributed by atoms with Gasteiger partial charge in [-0.25, -0.2) is 0 Å². The van der Waals surface area contributed by atoms with Crippen LogP contribution in [0.4, 0.5) is 11.4 Å². The number of hydrogen-bond acceptors (Lipinski definition) is 3. The van der Waals surface area contributed by atoms with Crippen molar-refractivity contribution in [1.82, 2.24) is 0 Å². The molecular formula is C23H29NO2. The van der Waals surface area contributed by atoms with Gasteiger partial charge in [-0.05, 0) is 48.5 Å². The molecule has 0 spiro atoms. The van der Waals surface area contributed by atoms with Crippen molar-refractivity contribution in [1.29, 1.82) is 0 Å². The Morgan fingerprint density at radius 1 is 0.615 bits per heavy atom. The molecule has 0 unspecified atom stereocenters. The van der Waals surface area contributed by atoms with Crippen molar-refractivity contribution in [3.05, 3.63) is 59.7 Å². The average molecular weight is 351 g/mol. The first-order valence-electron chi connectivity index (χ1n) is 8.95. The van der Waals surface area contributed by atoms with Gasteiger partial charge in [0.25, 0.3) is 0 Å². The van der Waals surface area contributed by atoms with E-state index in [0.717, 1.165) is 22.5 Å². The van der Waals surface area contributed by atoms with Gasteiger partial charge >= 0.3 is 0 Å². The molecule has 3 heteroatoms. The second kappa shape index (κ2) is 7.06. The van der Waals surface area contributed by atoms with Crippen LogP contribution in [0.25, 0.3) is 0 Å². The molecule has 3 nitrogen and oxygen atoms in total. The third-order valence-corrected chi connectivity index (χ3v) is 4.40. The highest BCUT2D eigenvalue weighted by Gasteiger charge is 2.23. The van der Waals surface area contributed by atoms with Gasteiger partial charge in [-0.2, -0.15) is 0 Å². The first-order chi connectivity index (χ1) is 11.9. The van der Waals surface area contributed by atoms with Crippen LogP contribution < -0.4 is 4.90 Å². The highest BCUT2D eigenvalue weighted by molar-refractivity contribution is 6.00. The van der Waals surface area contributed by atoms with Gasteiger partial charge in [0.1, 0.15) is 0 Å². The summed E-state index contributed by atoms with van der Waals surface area (Å²) in [5.41, 5.74) is 2.66. The van der Waals surface area contributed by atoms with E-state index >= 15 is 0 Å². The molecule has 0 fully saturated rings. The van der Waals surface area contributed by atoms with Crippen LogP contribution in [0.5, 0.6) is 0 Å². The standard InChI is InChI=1S/C23H29NO2/c1-22(2,3)20(25)16-8-12-18(13-9-16)24(7)19-14-10-17(11-15-19)21(26)23(4,5)6/h8-15H,1-7H3. The van der Waals surface area contributed by atoms with E-state index in [1.807, 2.05) is 102 Å². The second-order valence-corrected chi connectivity index (χ2v) is 8.81. The number of rotatable bonds is 4. The minimum absolute atomic E-state index is 0.136. The fraction of sp³-hybridized carbons (Fsp3) is 0.391. The van der Waals surface area contributed by atoms with E-state index in [4.69, 9.17) is 0 Å². The molecule has 0 aromatic heterocycles. The fourth-order valence-corrected chi connectivity index (χ4v) is 2.69. The number of ketones is 2. The fourth-order valence-electron chi connectivity index (χ4n) is 2.69. The maximum absolute atomic E-state index is 12.4. The molecule has 0 saturated heterocycles. The normalized spacial score (nSPS) is 12.0. The van der Waals surface area contributed by atoms with Crippen LogP contribution in [0.3, 0.4) is 0 Å². The highest BCUT2D eigenvalue weighted by Crippen LogP contribution is 2.28. The number of benzene rings is 2. The largest absolute Gasteiger partial charge is 0.345 e. The molecule has 0 aliphatic carbocycles. The lowest BCUT2D eigenvalue weighted by Crippen LogP contribution is -2.20. The SMILES string of the molecule is CN(c1ccc(C(=O)C(C)(C)C)cc1)c1ccc(C(=O)C(C)(C)C)cc1. The first kappa shape index (κ1) is 19.9. The molecule has 138 valence electrons. The number of carbonyl (C=O) groups excluding carboxylic acids is 2. The lowest BCUT2D eigenvalue weighted by atomic mass is 9.86. The van der Waals surface area contributed by atoms with Crippen molar-refractivity contribution >= 4 is 22.9 Å². The Morgan fingerprint density at radius 2 is 0.885 bits per heavy atom. The van der Waals surface area contributed by atoms with Gasteiger partial charge in [0.2, 0.25) is 0 Å². The molecule has 0 heterocycles. The molecule has 0 saturated carbocycles. The molecular weight excluding hydrogens is 322 g/mol. The minimum atomic E-state index is -0.386. The molecule has 0 aliphatic rings. The number of carbonyl (C=O) groups is 2. The van der Waals surface area contributed by atoms with E-state index in [2.05, 4.69) is 0 Å². The van der Waals surface area contributed by atoms with Crippen LogP contribution in [0.2, 0.25) is 0 Å². The third kappa shape index (κ3) is 4.40. The Kier molecular flexibility index (Phi) is 5.41. The summed E-state index contributed by atoms with van der Waals surface area (Å²) in [5, 5.41) is 0. The van der Waals surface area contributed by atoms with Crippen molar-refractivity contribution in [3.63, 3.8) is 0 Å². The zero-order valence-corrected chi connectivity index (χ0v) is 16.9. The maximum Gasteiger partial charge on any atom is 0.168 e. The lowest BCUT2D eigenvalue weighted by molar-refractivity contribution is 0.0852. The smallest absolute Gasteiger partial charge is 0.168 e. The average Bonchev–Trinajstić information content (AvgIpc) is 2.58. The van der Waals surface area contributed by atoms with E-state index in [9.17, 15) is 9.59 Å². The summed E-state index contributed by atoms with van der Waals surface area (Å²) < 4.78 is 0. The Bertz CT molecular complexity index is 719. The zero-order chi connectivity index (χ0) is 19.7. The number of anilines is 2. The van der Waals surface area contributed by atoms with Crippen molar-refractivity contribution < 1.29 is 9.59 Å². The first-order valence-corrected chi connectivity index (χ1v) is 8.95. The Balaban J connectivity index is 2.20. The van der Waals surface area contributed by atoms with Crippen LogP contribution in [0, 0.1) is 10.8 Å². The number of Topliss-reactive ketones (excluding diaryl/α,β-unsaturated/α-hetero) is 2. The second-order valence-electron chi connectivity index (χ2n) is 8.81. The monoisotopic (exact) mass is 351 g/mol. The molecule has 0 N–H and O–H groups in total. The molecule has 26 heavy (non-hydrogen) atoms. The molecule has 2 rings (SSSR count). The quantitative estimate of drug-likeness (QED) is 0.642. The Hall–Kier alpha value is -2.42. The summed E-state index contributed by atoms with van der Waals surface area (Å²) in [4.78, 5) is 26.7.